The van der Waals surface area contributed by atoms with Gasteiger partial charge >= 0.3 is 5.51 Å². The molecule has 0 fully saturated rings. The molecule has 1 heterocycles. The number of anilines is 1. The summed E-state index contributed by atoms with van der Waals surface area (Å²) in [5.74, 6) is 0. The predicted octanol–water partition coefficient (Wildman–Crippen LogP) is 2.82. The zero-order valence-corrected chi connectivity index (χ0v) is 11.3. The van der Waals surface area contributed by atoms with Crippen LogP contribution in [0.25, 0.3) is 0 Å². The molecule has 2 aromatic rings. The molecule has 0 saturated heterocycles. The lowest BCUT2D eigenvalue weighted by atomic mass is 10.3. The molecule has 0 bridgehead atoms. The van der Waals surface area contributed by atoms with Crippen molar-refractivity contribution >= 4 is 27.5 Å². The minimum absolute atomic E-state index is 0.0259. The standard InChI is InChI=1S/C10H8F3N3O2S2/c11-10(12,13)19-8-3-1-7(2-4-8)16-20(17,18)9-5-14-6-15-9/h1-6,16H,(H,14,15). The molecule has 0 radical (unpaired) electrons. The topological polar surface area (TPSA) is 74.8 Å². The number of imidazole rings is 1. The maximum atomic E-state index is 12.1. The van der Waals surface area contributed by atoms with Crippen LogP contribution < -0.4 is 4.72 Å². The van der Waals surface area contributed by atoms with Gasteiger partial charge in [0.25, 0.3) is 10.0 Å². The summed E-state index contributed by atoms with van der Waals surface area (Å²) in [6, 6.07) is 4.87. The summed E-state index contributed by atoms with van der Waals surface area (Å²) in [6.45, 7) is 0. The van der Waals surface area contributed by atoms with Gasteiger partial charge < -0.3 is 4.98 Å². The number of hydrogen-bond donors (Lipinski definition) is 2. The summed E-state index contributed by atoms with van der Waals surface area (Å²) in [7, 11) is -3.82. The molecule has 0 atom stereocenters. The first kappa shape index (κ1) is 14.7. The molecule has 0 amide bonds. The number of benzene rings is 1. The minimum atomic E-state index is -4.38. The second-order valence-electron chi connectivity index (χ2n) is 3.59. The Morgan fingerprint density at radius 3 is 2.35 bits per heavy atom. The smallest absolute Gasteiger partial charge is 0.334 e. The van der Waals surface area contributed by atoms with Crippen LogP contribution in [0.1, 0.15) is 0 Å². The highest BCUT2D eigenvalue weighted by Crippen LogP contribution is 2.37. The van der Waals surface area contributed by atoms with E-state index in [-0.39, 0.29) is 27.4 Å². The van der Waals surface area contributed by atoms with Gasteiger partial charge in [0.1, 0.15) is 0 Å². The second-order valence-corrected chi connectivity index (χ2v) is 6.38. The Balaban J connectivity index is 2.12. The average molecular weight is 323 g/mol. The van der Waals surface area contributed by atoms with E-state index in [0.717, 1.165) is 6.20 Å². The zero-order valence-electron chi connectivity index (χ0n) is 9.68. The van der Waals surface area contributed by atoms with E-state index in [1.54, 1.807) is 0 Å². The molecule has 0 aliphatic heterocycles. The van der Waals surface area contributed by atoms with Gasteiger partial charge in [0.15, 0.2) is 5.03 Å². The highest BCUT2D eigenvalue weighted by molar-refractivity contribution is 8.00. The van der Waals surface area contributed by atoms with E-state index in [1.165, 1.54) is 30.6 Å². The lowest BCUT2D eigenvalue weighted by molar-refractivity contribution is -0.0328. The van der Waals surface area contributed by atoms with Crippen LogP contribution in [0.3, 0.4) is 0 Å². The number of H-pyrrole nitrogens is 1. The highest BCUT2D eigenvalue weighted by Gasteiger charge is 2.29. The number of rotatable bonds is 4. The highest BCUT2D eigenvalue weighted by atomic mass is 32.2. The van der Waals surface area contributed by atoms with Crippen LogP contribution in [0.15, 0.2) is 46.7 Å². The van der Waals surface area contributed by atoms with Crippen molar-refractivity contribution in [3.63, 3.8) is 0 Å². The maximum absolute atomic E-state index is 12.1. The van der Waals surface area contributed by atoms with Gasteiger partial charge in [-0.05, 0) is 36.0 Å². The van der Waals surface area contributed by atoms with Gasteiger partial charge in [-0.25, -0.2) is 4.98 Å². The van der Waals surface area contributed by atoms with Crippen molar-refractivity contribution in [2.45, 2.75) is 15.4 Å². The number of aromatic amines is 1. The number of alkyl halides is 3. The molecular weight excluding hydrogens is 315 g/mol. The van der Waals surface area contributed by atoms with E-state index in [2.05, 4.69) is 14.7 Å². The largest absolute Gasteiger partial charge is 0.446 e. The van der Waals surface area contributed by atoms with E-state index < -0.39 is 15.5 Å². The van der Waals surface area contributed by atoms with E-state index >= 15 is 0 Å². The quantitative estimate of drug-likeness (QED) is 0.849. The summed E-state index contributed by atoms with van der Waals surface area (Å²) in [6.07, 6.45) is 2.33. The molecule has 0 aliphatic rings. The number of nitrogens with zero attached hydrogens (tertiary/aromatic N) is 1. The Bertz CT molecular complexity index is 667. The number of nitrogens with one attached hydrogen (secondary N) is 2. The van der Waals surface area contributed by atoms with Crippen molar-refractivity contribution in [3.8, 4) is 0 Å². The van der Waals surface area contributed by atoms with Crippen molar-refractivity contribution < 1.29 is 21.6 Å². The fraction of sp³-hybridized carbons (Fsp3) is 0.100. The van der Waals surface area contributed by atoms with Crippen molar-refractivity contribution in [1.29, 1.82) is 0 Å². The summed E-state index contributed by atoms with van der Waals surface area (Å²) >= 11 is -0.268. The van der Waals surface area contributed by atoms with E-state index in [9.17, 15) is 21.6 Å². The van der Waals surface area contributed by atoms with E-state index in [1.807, 2.05) is 0 Å². The SMILES string of the molecule is O=S(=O)(Nc1ccc(SC(F)(F)F)cc1)c1cnc[nH]1. The van der Waals surface area contributed by atoms with Crippen LogP contribution in [0.4, 0.5) is 18.9 Å². The number of aromatic nitrogens is 2. The van der Waals surface area contributed by atoms with E-state index in [0.29, 0.717) is 0 Å². The number of hydrogen-bond acceptors (Lipinski definition) is 4. The Kier molecular flexibility index (Phi) is 3.95. The van der Waals surface area contributed by atoms with Crippen molar-refractivity contribution in [1.82, 2.24) is 9.97 Å². The number of sulfonamides is 1. The number of thioether (sulfide) groups is 1. The summed E-state index contributed by atoms with van der Waals surface area (Å²) in [5, 5.41) is -0.133. The van der Waals surface area contributed by atoms with Crippen molar-refractivity contribution in [2.75, 3.05) is 4.72 Å². The van der Waals surface area contributed by atoms with Crippen molar-refractivity contribution in [2.24, 2.45) is 0 Å². The number of halogens is 3. The van der Waals surface area contributed by atoms with Gasteiger partial charge in [-0.3, -0.25) is 4.72 Å². The summed E-state index contributed by atoms with van der Waals surface area (Å²) < 4.78 is 62.3. The first-order chi connectivity index (χ1) is 9.26. The van der Waals surface area contributed by atoms with Gasteiger partial charge in [-0.2, -0.15) is 21.6 Å². The molecule has 0 saturated carbocycles. The molecule has 0 spiro atoms. The van der Waals surface area contributed by atoms with Crippen molar-refractivity contribution in [3.05, 3.63) is 36.8 Å². The molecule has 20 heavy (non-hydrogen) atoms. The lowest BCUT2D eigenvalue weighted by Crippen LogP contribution is -2.13. The molecule has 0 unspecified atom stereocenters. The van der Waals surface area contributed by atoms with Crippen LogP contribution in [-0.2, 0) is 10.0 Å². The molecule has 10 heteroatoms. The Labute approximate surface area is 116 Å². The minimum Gasteiger partial charge on any atom is -0.334 e. The van der Waals surface area contributed by atoms with Crippen LogP contribution in [0.2, 0.25) is 0 Å². The Morgan fingerprint density at radius 1 is 1.20 bits per heavy atom. The first-order valence-electron chi connectivity index (χ1n) is 5.13. The molecule has 5 nitrogen and oxygen atoms in total. The van der Waals surface area contributed by atoms with Gasteiger partial charge in [-0.15, -0.1) is 0 Å². The molecule has 2 rings (SSSR count). The molecule has 1 aromatic heterocycles. The van der Waals surface area contributed by atoms with Gasteiger partial charge in [0.2, 0.25) is 0 Å². The van der Waals surface area contributed by atoms with Crippen LogP contribution in [0.5, 0.6) is 0 Å². The maximum Gasteiger partial charge on any atom is 0.446 e. The molecular formula is C10H8F3N3O2S2. The van der Waals surface area contributed by atoms with Gasteiger partial charge in [0, 0.05) is 10.6 Å². The Morgan fingerprint density at radius 2 is 1.85 bits per heavy atom. The zero-order chi connectivity index (χ0) is 14.8. The first-order valence-corrected chi connectivity index (χ1v) is 7.43. The lowest BCUT2D eigenvalue weighted by Gasteiger charge is -2.08. The molecule has 1 aromatic carbocycles. The molecule has 2 N–H and O–H groups in total. The monoisotopic (exact) mass is 323 g/mol. The van der Waals surface area contributed by atoms with E-state index in [4.69, 9.17) is 0 Å². The molecule has 0 aliphatic carbocycles. The van der Waals surface area contributed by atoms with Crippen LogP contribution in [0, 0.1) is 0 Å². The van der Waals surface area contributed by atoms with Gasteiger partial charge in [0.05, 0.1) is 12.5 Å². The average Bonchev–Trinajstić information content (AvgIpc) is 2.84. The normalized spacial score (nSPS) is 12.3. The van der Waals surface area contributed by atoms with Crippen LogP contribution in [-0.4, -0.2) is 23.9 Å². The fourth-order valence-electron chi connectivity index (χ4n) is 1.32. The van der Waals surface area contributed by atoms with Gasteiger partial charge in [-0.1, -0.05) is 0 Å². The Hall–Kier alpha value is -1.68. The van der Waals surface area contributed by atoms with Crippen LogP contribution >= 0.6 is 11.8 Å². The second kappa shape index (κ2) is 5.37. The predicted molar refractivity (Wildman–Crippen MR) is 67.8 cm³/mol. The third-order valence-corrected chi connectivity index (χ3v) is 4.15. The third kappa shape index (κ3) is 3.90. The summed E-state index contributed by atoms with van der Waals surface area (Å²) in [5.41, 5.74) is -4.22. The fourth-order valence-corrected chi connectivity index (χ4v) is 2.83. The molecule has 108 valence electrons. The summed E-state index contributed by atoms with van der Waals surface area (Å²) in [4.78, 5) is 5.98. The third-order valence-electron chi connectivity index (χ3n) is 2.10.